The molecule has 0 unspecified atom stereocenters. The number of hydrogen-bond donors (Lipinski definition) is 1. The molecule has 21 heavy (non-hydrogen) atoms. The second-order valence-corrected chi connectivity index (χ2v) is 6.45. The van der Waals surface area contributed by atoms with Crippen molar-refractivity contribution >= 4 is 0 Å². The van der Waals surface area contributed by atoms with Crippen LogP contribution in [0.5, 0.6) is 5.75 Å². The second kappa shape index (κ2) is 6.93. The number of nitrogens with zero attached hydrogens (tertiary/aromatic N) is 2. The van der Waals surface area contributed by atoms with E-state index in [0.717, 1.165) is 31.9 Å². The molecule has 1 heterocycles. The highest BCUT2D eigenvalue weighted by atomic mass is 16.5. The molecule has 1 aromatic carbocycles. The minimum Gasteiger partial charge on any atom is -0.488 e. The first-order valence-electron chi connectivity index (χ1n) is 7.60. The SMILES string of the molecule is CC(C)(C)Oc1ccc([C@H](CC#N)N2CCNCC2)cc1. The zero-order chi connectivity index (χ0) is 15.3. The monoisotopic (exact) mass is 287 g/mol. The summed E-state index contributed by atoms with van der Waals surface area (Å²) in [4.78, 5) is 2.39. The van der Waals surface area contributed by atoms with Crippen LogP contribution in [0, 0.1) is 11.3 Å². The van der Waals surface area contributed by atoms with Gasteiger partial charge in [-0.15, -0.1) is 0 Å². The molecule has 2 rings (SSSR count). The molecule has 0 aromatic heterocycles. The van der Waals surface area contributed by atoms with Crippen LogP contribution in [0.3, 0.4) is 0 Å². The van der Waals surface area contributed by atoms with E-state index in [0.29, 0.717) is 6.42 Å². The van der Waals surface area contributed by atoms with Crippen LogP contribution >= 0.6 is 0 Å². The van der Waals surface area contributed by atoms with Crippen LogP contribution in [-0.4, -0.2) is 36.7 Å². The number of nitriles is 1. The van der Waals surface area contributed by atoms with E-state index in [1.54, 1.807) is 0 Å². The molecule has 0 spiro atoms. The quantitative estimate of drug-likeness (QED) is 0.925. The van der Waals surface area contributed by atoms with E-state index in [-0.39, 0.29) is 11.6 Å². The number of benzene rings is 1. The van der Waals surface area contributed by atoms with Crippen molar-refractivity contribution in [2.24, 2.45) is 0 Å². The Balaban J connectivity index is 2.11. The lowest BCUT2D eigenvalue weighted by Gasteiger charge is -2.34. The third kappa shape index (κ3) is 4.73. The molecule has 1 aromatic rings. The predicted octanol–water partition coefficient (Wildman–Crippen LogP) is 2.72. The van der Waals surface area contributed by atoms with Crippen molar-refractivity contribution in [1.29, 1.82) is 5.26 Å². The van der Waals surface area contributed by atoms with Crippen molar-refractivity contribution in [3.63, 3.8) is 0 Å². The maximum absolute atomic E-state index is 9.12. The van der Waals surface area contributed by atoms with E-state index in [9.17, 15) is 0 Å². The summed E-state index contributed by atoms with van der Waals surface area (Å²) in [6.07, 6.45) is 0.527. The number of hydrogen-bond acceptors (Lipinski definition) is 4. The number of rotatable bonds is 4. The number of ether oxygens (including phenoxy) is 1. The molecule has 4 heteroatoms. The fourth-order valence-electron chi connectivity index (χ4n) is 2.65. The van der Waals surface area contributed by atoms with Crippen molar-refractivity contribution in [2.45, 2.75) is 38.8 Å². The predicted molar refractivity (Wildman–Crippen MR) is 84.2 cm³/mol. The van der Waals surface area contributed by atoms with Gasteiger partial charge < -0.3 is 10.1 Å². The van der Waals surface area contributed by atoms with Crippen molar-refractivity contribution in [3.8, 4) is 11.8 Å². The average Bonchev–Trinajstić information content (AvgIpc) is 2.45. The smallest absolute Gasteiger partial charge is 0.120 e. The van der Waals surface area contributed by atoms with E-state index in [2.05, 4.69) is 28.4 Å². The highest BCUT2D eigenvalue weighted by Gasteiger charge is 2.22. The largest absolute Gasteiger partial charge is 0.488 e. The third-order valence-electron chi connectivity index (χ3n) is 3.57. The zero-order valence-electron chi connectivity index (χ0n) is 13.2. The van der Waals surface area contributed by atoms with Crippen LogP contribution in [0.15, 0.2) is 24.3 Å². The zero-order valence-corrected chi connectivity index (χ0v) is 13.2. The molecule has 0 saturated carbocycles. The molecule has 1 N–H and O–H groups in total. The maximum atomic E-state index is 9.12. The van der Waals surface area contributed by atoms with Crippen LogP contribution in [-0.2, 0) is 0 Å². The van der Waals surface area contributed by atoms with Gasteiger partial charge in [-0.25, -0.2) is 0 Å². The Morgan fingerprint density at radius 2 is 1.86 bits per heavy atom. The Hall–Kier alpha value is -1.57. The molecular formula is C17H25N3O. The Bertz CT molecular complexity index is 478. The van der Waals surface area contributed by atoms with Gasteiger partial charge in [-0.2, -0.15) is 5.26 Å². The number of nitrogens with one attached hydrogen (secondary N) is 1. The lowest BCUT2D eigenvalue weighted by Crippen LogP contribution is -2.45. The van der Waals surface area contributed by atoms with Crippen molar-refractivity contribution < 1.29 is 4.74 Å². The minimum atomic E-state index is -0.188. The van der Waals surface area contributed by atoms with Gasteiger partial charge in [-0.05, 0) is 38.5 Å². The number of piperazine rings is 1. The Kier molecular flexibility index (Phi) is 5.22. The van der Waals surface area contributed by atoms with Crippen LogP contribution in [0.25, 0.3) is 0 Å². The topological polar surface area (TPSA) is 48.3 Å². The molecule has 1 atom stereocenters. The van der Waals surface area contributed by atoms with E-state index < -0.39 is 0 Å². The fourth-order valence-corrected chi connectivity index (χ4v) is 2.65. The van der Waals surface area contributed by atoms with E-state index in [1.165, 1.54) is 5.56 Å². The lowest BCUT2D eigenvalue weighted by molar-refractivity contribution is 0.130. The van der Waals surface area contributed by atoms with Gasteiger partial charge in [0.25, 0.3) is 0 Å². The lowest BCUT2D eigenvalue weighted by atomic mass is 10.0. The van der Waals surface area contributed by atoms with Gasteiger partial charge in [0.2, 0.25) is 0 Å². The van der Waals surface area contributed by atoms with Gasteiger partial charge in [0.05, 0.1) is 12.5 Å². The van der Waals surface area contributed by atoms with Crippen molar-refractivity contribution in [3.05, 3.63) is 29.8 Å². The molecule has 1 aliphatic heterocycles. The normalized spacial score (nSPS) is 18.0. The molecule has 0 amide bonds. The van der Waals surface area contributed by atoms with Crippen LogP contribution in [0.4, 0.5) is 0 Å². The molecule has 1 aliphatic rings. The first-order valence-corrected chi connectivity index (χ1v) is 7.60. The van der Waals surface area contributed by atoms with Gasteiger partial charge in [0.1, 0.15) is 11.4 Å². The molecule has 1 fully saturated rings. The molecule has 0 aliphatic carbocycles. The van der Waals surface area contributed by atoms with Gasteiger partial charge in [0.15, 0.2) is 0 Å². The van der Waals surface area contributed by atoms with Gasteiger partial charge in [-0.3, -0.25) is 4.90 Å². The summed E-state index contributed by atoms with van der Waals surface area (Å²) in [6.45, 7) is 10.1. The van der Waals surface area contributed by atoms with E-state index in [4.69, 9.17) is 10.00 Å². The maximum Gasteiger partial charge on any atom is 0.120 e. The molecule has 4 nitrogen and oxygen atoms in total. The van der Waals surface area contributed by atoms with Crippen LogP contribution in [0.2, 0.25) is 0 Å². The summed E-state index contributed by atoms with van der Waals surface area (Å²) in [6, 6.07) is 10.7. The minimum absolute atomic E-state index is 0.181. The highest BCUT2D eigenvalue weighted by molar-refractivity contribution is 5.30. The Morgan fingerprint density at radius 3 is 2.38 bits per heavy atom. The Morgan fingerprint density at radius 1 is 1.24 bits per heavy atom. The summed E-state index contributed by atoms with van der Waals surface area (Å²) < 4.78 is 5.85. The third-order valence-corrected chi connectivity index (χ3v) is 3.57. The molecule has 0 radical (unpaired) electrons. The Labute approximate surface area is 127 Å². The van der Waals surface area contributed by atoms with Gasteiger partial charge in [-0.1, -0.05) is 12.1 Å². The standard InChI is InChI=1S/C17H25N3O/c1-17(2,3)21-15-6-4-14(5-7-15)16(8-9-18)20-12-10-19-11-13-20/h4-7,16,19H,8,10-13H2,1-3H3/t16-/m0/s1. The van der Waals surface area contributed by atoms with Crippen molar-refractivity contribution in [2.75, 3.05) is 26.2 Å². The molecular weight excluding hydrogens is 262 g/mol. The summed E-state index contributed by atoms with van der Waals surface area (Å²) in [5.74, 6) is 0.877. The van der Waals surface area contributed by atoms with Crippen molar-refractivity contribution in [1.82, 2.24) is 10.2 Å². The average molecular weight is 287 g/mol. The second-order valence-electron chi connectivity index (χ2n) is 6.45. The summed E-state index contributed by atoms with van der Waals surface area (Å²) >= 11 is 0. The summed E-state index contributed by atoms with van der Waals surface area (Å²) in [7, 11) is 0. The van der Waals surface area contributed by atoms with Crippen LogP contribution < -0.4 is 10.1 Å². The summed E-state index contributed by atoms with van der Waals surface area (Å²) in [5.41, 5.74) is 1.01. The molecule has 0 bridgehead atoms. The molecule has 1 saturated heterocycles. The first-order chi connectivity index (χ1) is 9.99. The van der Waals surface area contributed by atoms with E-state index in [1.807, 2.05) is 32.9 Å². The fraction of sp³-hybridized carbons (Fsp3) is 0.588. The molecule has 114 valence electrons. The van der Waals surface area contributed by atoms with Gasteiger partial charge >= 0.3 is 0 Å². The first kappa shape index (κ1) is 15.8. The van der Waals surface area contributed by atoms with Gasteiger partial charge in [0, 0.05) is 32.2 Å². The highest BCUT2D eigenvalue weighted by Crippen LogP contribution is 2.27. The van der Waals surface area contributed by atoms with E-state index >= 15 is 0 Å². The van der Waals surface area contributed by atoms with Crippen LogP contribution in [0.1, 0.15) is 38.8 Å². The summed E-state index contributed by atoms with van der Waals surface area (Å²) in [5, 5.41) is 12.5.